The number of piperazine rings is 1. The van der Waals surface area contributed by atoms with Crippen LogP contribution in [-0.2, 0) is 0 Å². The Balaban J connectivity index is 1.80. The minimum atomic E-state index is 0.667. The van der Waals surface area contributed by atoms with E-state index >= 15 is 0 Å². The van der Waals surface area contributed by atoms with Crippen LogP contribution in [-0.4, -0.2) is 36.1 Å². The summed E-state index contributed by atoms with van der Waals surface area (Å²) in [6.45, 7) is 7.14. The van der Waals surface area contributed by atoms with Crippen LogP contribution in [0.25, 0.3) is 0 Å². The van der Waals surface area contributed by atoms with Crippen molar-refractivity contribution in [2.24, 2.45) is 0 Å². The van der Waals surface area contributed by atoms with Gasteiger partial charge in [-0.15, -0.1) is 0 Å². The number of hydrogen-bond donors (Lipinski definition) is 0. The van der Waals surface area contributed by atoms with E-state index in [9.17, 15) is 5.26 Å². The lowest BCUT2D eigenvalue weighted by molar-refractivity contribution is 0.646. The summed E-state index contributed by atoms with van der Waals surface area (Å²) in [5, 5.41) is 10.1. The third-order valence-corrected chi connectivity index (χ3v) is 4.37. The molecule has 3 heterocycles. The van der Waals surface area contributed by atoms with Crippen LogP contribution in [0, 0.1) is 25.2 Å². The Morgan fingerprint density at radius 2 is 1.87 bits per heavy atom. The molecule has 0 atom stereocenters. The second kappa shape index (κ2) is 6.43. The second-order valence-corrected chi connectivity index (χ2v) is 6.05. The number of nitriles is 1. The van der Waals surface area contributed by atoms with Gasteiger partial charge in [0.05, 0.1) is 22.0 Å². The molecule has 6 heteroatoms. The third kappa shape index (κ3) is 3.08. The number of anilines is 2. The Bertz CT molecular complexity index is 760. The smallest absolute Gasteiger partial charge is 0.147 e. The third-order valence-electron chi connectivity index (χ3n) is 4.08. The van der Waals surface area contributed by atoms with Crippen LogP contribution >= 0.6 is 11.6 Å². The molecule has 2 aromatic rings. The number of aryl methyl sites for hydroxylation is 2. The molecule has 1 fully saturated rings. The highest BCUT2D eigenvalue weighted by Crippen LogP contribution is 2.27. The maximum Gasteiger partial charge on any atom is 0.147 e. The van der Waals surface area contributed by atoms with Gasteiger partial charge in [-0.2, -0.15) is 5.26 Å². The van der Waals surface area contributed by atoms with Gasteiger partial charge in [0.15, 0.2) is 0 Å². The molecule has 2 aromatic heterocycles. The van der Waals surface area contributed by atoms with Gasteiger partial charge in [-0.3, -0.25) is 4.98 Å². The van der Waals surface area contributed by atoms with Gasteiger partial charge in [0.25, 0.3) is 0 Å². The minimum absolute atomic E-state index is 0.667. The Morgan fingerprint density at radius 3 is 2.52 bits per heavy atom. The molecule has 0 saturated carbocycles. The zero-order chi connectivity index (χ0) is 16.4. The van der Waals surface area contributed by atoms with E-state index in [0.717, 1.165) is 49.1 Å². The summed E-state index contributed by atoms with van der Waals surface area (Å²) >= 11 is 6.23. The molecular formula is C17H18ClN5. The average Bonchev–Trinajstić information content (AvgIpc) is 2.55. The summed E-state index contributed by atoms with van der Waals surface area (Å²) in [4.78, 5) is 13.2. The molecule has 1 saturated heterocycles. The first kappa shape index (κ1) is 15.6. The van der Waals surface area contributed by atoms with E-state index in [2.05, 4.69) is 25.8 Å². The monoisotopic (exact) mass is 327 g/mol. The van der Waals surface area contributed by atoms with Gasteiger partial charge in [-0.1, -0.05) is 11.6 Å². The van der Waals surface area contributed by atoms with Gasteiger partial charge in [0.2, 0.25) is 0 Å². The Labute approximate surface area is 141 Å². The summed E-state index contributed by atoms with van der Waals surface area (Å²) in [5.74, 6) is 0.830. The number of halogens is 1. The molecule has 1 aliphatic rings. The van der Waals surface area contributed by atoms with Gasteiger partial charge in [-0.25, -0.2) is 4.98 Å². The fourth-order valence-corrected chi connectivity index (χ4v) is 3.21. The molecule has 0 radical (unpaired) electrons. The molecule has 3 rings (SSSR count). The van der Waals surface area contributed by atoms with Crippen molar-refractivity contribution in [3.05, 3.63) is 46.4 Å². The minimum Gasteiger partial charge on any atom is -0.367 e. The number of nitrogens with zero attached hydrogens (tertiary/aromatic N) is 5. The number of aromatic nitrogens is 2. The van der Waals surface area contributed by atoms with Crippen LogP contribution in [0.1, 0.15) is 17.0 Å². The van der Waals surface area contributed by atoms with E-state index in [1.807, 2.05) is 32.0 Å². The highest BCUT2D eigenvalue weighted by molar-refractivity contribution is 6.32. The molecular weight excluding hydrogens is 310 g/mol. The Morgan fingerprint density at radius 1 is 1.17 bits per heavy atom. The molecule has 0 unspecified atom stereocenters. The van der Waals surface area contributed by atoms with Crippen molar-refractivity contribution in [2.75, 3.05) is 36.0 Å². The zero-order valence-corrected chi connectivity index (χ0v) is 14.0. The average molecular weight is 328 g/mol. The standard InChI is InChI=1S/C17H18ClN5/c1-12-10-16(14(11-19)13(2)21-12)22-6-8-23(9-7-22)17-15(18)4-3-5-20-17/h3-5,10H,6-9H2,1-2H3. The first-order valence-corrected chi connectivity index (χ1v) is 7.96. The quantitative estimate of drug-likeness (QED) is 0.848. The lowest BCUT2D eigenvalue weighted by atomic mass is 10.1. The van der Waals surface area contributed by atoms with Crippen molar-refractivity contribution >= 4 is 23.1 Å². The van der Waals surface area contributed by atoms with E-state index < -0.39 is 0 Å². The van der Waals surface area contributed by atoms with Crippen LogP contribution in [0.4, 0.5) is 11.5 Å². The molecule has 0 spiro atoms. The summed E-state index contributed by atoms with van der Waals surface area (Å²) in [6.07, 6.45) is 1.76. The van der Waals surface area contributed by atoms with Crippen molar-refractivity contribution in [3.8, 4) is 6.07 Å². The molecule has 0 bridgehead atoms. The lowest BCUT2D eigenvalue weighted by Gasteiger charge is -2.37. The molecule has 23 heavy (non-hydrogen) atoms. The van der Waals surface area contributed by atoms with Crippen LogP contribution in [0.15, 0.2) is 24.4 Å². The Kier molecular flexibility index (Phi) is 4.35. The zero-order valence-electron chi connectivity index (χ0n) is 13.3. The molecule has 0 aliphatic carbocycles. The summed E-state index contributed by atoms with van der Waals surface area (Å²) in [7, 11) is 0. The lowest BCUT2D eigenvalue weighted by Crippen LogP contribution is -2.47. The fourth-order valence-electron chi connectivity index (χ4n) is 2.96. The van der Waals surface area contributed by atoms with E-state index in [0.29, 0.717) is 10.6 Å². The SMILES string of the molecule is Cc1cc(N2CCN(c3ncccc3Cl)CC2)c(C#N)c(C)n1. The van der Waals surface area contributed by atoms with Crippen molar-refractivity contribution in [1.29, 1.82) is 5.26 Å². The summed E-state index contributed by atoms with van der Waals surface area (Å²) in [6, 6.07) is 7.98. The Hall–Kier alpha value is -2.32. The van der Waals surface area contributed by atoms with Gasteiger partial charge in [-0.05, 0) is 32.0 Å². The van der Waals surface area contributed by atoms with E-state index in [1.54, 1.807) is 6.20 Å². The number of pyridine rings is 2. The largest absolute Gasteiger partial charge is 0.367 e. The first-order chi connectivity index (χ1) is 11.1. The predicted molar refractivity (Wildman–Crippen MR) is 92.1 cm³/mol. The maximum absolute atomic E-state index is 9.43. The summed E-state index contributed by atoms with van der Waals surface area (Å²) < 4.78 is 0. The van der Waals surface area contributed by atoms with Gasteiger partial charge in [0, 0.05) is 38.1 Å². The molecule has 0 aromatic carbocycles. The number of rotatable bonds is 2. The topological polar surface area (TPSA) is 56.0 Å². The molecule has 0 amide bonds. The van der Waals surface area contributed by atoms with Crippen molar-refractivity contribution < 1.29 is 0 Å². The molecule has 0 N–H and O–H groups in total. The predicted octanol–water partition coefficient (Wildman–Crippen LogP) is 2.95. The van der Waals surface area contributed by atoms with Crippen molar-refractivity contribution in [1.82, 2.24) is 9.97 Å². The highest BCUT2D eigenvalue weighted by Gasteiger charge is 2.22. The van der Waals surface area contributed by atoms with Gasteiger partial charge < -0.3 is 9.80 Å². The molecule has 118 valence electrons. The van der Waals surface area contributed by atoms with E-state index in [1.165, 1.54) is 0 Å². The second-order valence-electron chi connectivity index (χ2n) is 5.64. The van der Waals surface area contributed by atoms with Gasteiger partial charge in [0.1, 0.15) is 11.9 Å². The van der Waals surface area contributed by atoms with E-state index in [-0.39, 0.29) is 0 Å². The first-order valence-electron chi connectivity index (χ1n) is 7.59. The van der Waals surface area contributed by atoms with Crippen LogP contribution in [0.3, 0.4) is 0 Å². The normalized spacial score (nSPS) is 14.7. The fraction of sp³-hybridized carbons (Fsp3) is 0.353. The van der Waals surface area contributed by atoms with Crippen molar-refractivity contribution in [2.45, 2.75) is 13.8 Å². The maximum atomic E-state index is 9.43. The van der Waals surface area contributed by atoms with Crippen LogP contribution in [0.5, 0.6) is 0 Å². The van der Waals surface area contributed by atoms with Gasteiger partial charge >= 0.3 is 0 Å². The highest BCUT2D eigenvalue weighted by atomic mass is 35.5. The molecule has 5 nitrogen and oxygen atoms in total. The van der Waals surface area contributed by atoms with Crippen molar-refractivity contribution in [3.63, 3.8) is 0 Å². The van der Waals surface area contributed by atoms with Crippen LogP contribution in [0.2, 0.25) is 5.02 Å². The number of hydrogen-bond acceptors (Lipinski definition) is 5. The van der Waals surface area contributed by atoms with E-state index in [4.69, 9.17) is 11.6 Å². The summed E-state index contributed by atoms with van der Waals surface area (Å²) in [5.41, 5.74) is 3.37. The van der Waals surface area contributed by atoms with Crippen LogP contribution < -0.4 is 9.80 Å². The molecule has 1 aliphatic heterocycles.